The largest absolute Gasteiger partial charge is 0.478 e. The monoisotopic (exact) mass is 515 g/mol. The molecule has 0 bridgehead atoms. The Hall–Kier alpha value is -2.49. The van der Waals surface area contributed by atoms with Crippen molar-refractivity contribution < 1.29 is 27.5 Å². The van der Waals surface area contributed by atoms with E-state index in [2.05, 4.69) is 37.8 Å². The van der Waals surface area contributed by atoms with Crippen LogP contribution in [0, 0.1) is 0 Å². The maximum absolute atomic E-state index is 12.6. The molecule has 0 saturated carbocycles. The topological polar surface area (TPSA) is 55.9 Å². The summed E-state index contributed by atoms with van der Waals surface area (Å²) in [7, 11) is 0. The van der Waals surface area contributed by atoms with Crippen molar-refractivity contribution in [3.63, 3.8) is 0 Å². The first-order valence-electron chi connectivity index (χ1n) is 11.4. The van der Waals surface area contributed by atoms with Crippen molar-refractivity contribution in [1.82, 2.24) is 15.4 Å². The summed E-state index contributed by atoms with van der Waals surface area (Å²) in [4.78, 5) is 11.4. The van der Waals surface area contributed by atoms with Gasteiger partial charge < -0.3 is 14.4 Å². The van der Waals surface area contributed by atoms with Crippen molar-refractivity contribution in [2.45, 2.75) is 65.1 Å². The van der Waals surface area contributed by atoms with Crippen LogP contribution in [0.4, 0.5) is 13.2 Å². The van der Waals surface area contributed by atoms with Gasteiger partial charge in [0.05, 0.1) is 12.8 Å². The van der Waals surface area contributed by atoms with Gasteiger partial charge >= 0.3 is 6.18 Å². The average molecular weight is 516 g/mol. The van der Waals surface area contributed by atoms with Crippen LogP contribution in [0.2, 0.25) is 0 Å². The molecule has 1 aromatic heterocycles. The van der Waals surface area contributed by atoms with Crippen LogP contribution in [0.25, 0.3) is 0 Å². The Bertz CT molecular complexity index is 955. The third-order valence-electron chi connectivity index (χ3n) is 5.12. The number of hydrogen-bond acceptors (Lipinski definition) is 6. The van der Waals surface area contributed by atoms with E-state index in [0.717, 1.165) is 31.3 Å². The molecule has 194 valence electrons. The van der Waals surface area contributed by atoms with E-state index in [1.54, 1.807) is 23.3 Å². The molecule has 0 atom stereocenters. The highest BCUT2D eigenvalue weighted by Gasteiger charge is 2.29. The number of pyridine rings is 1. The molecule has 1 N–H and O–H groups in total. The molecule has 10 heteroatoms. The second kappa shape index (κ2) is 13.0. The lowest BCUT2D eigenvalue weighted by Crippen LogP contribution is -2.42. The second-order valence-electron chi connectivity index (χ2n) is 8.56. The van der Waals surface area contributed by atoms with Gasteiger partial charge in [-0.15, -0.1) is 0 Å². The van der Waals surface area contributed by atoms with Gasteiger partial charge in [-0.2, -0.15) is 18.7 Å². The minimum absolute atomic E-state index is 0.101. The fraction of sp³-hybridized carbons (Fsp3) is 0.480. The SMILES string of the molecule is C=C1C=CC(Oc2ncccc2OCC(F)(F)F)=CN1/C(Cl)=C(\C)CONC(C)(CCC)CCC. The Balaban J connectivity index is 2.11. The minimum Gasteiger partial charge on any atom is -0.478 e. The van der Waals surface area contributed by atoms with Crippen LogP contribution in [0.5, 0.6) is 11.6 Å². The van der Waals surface area contributed by atoms with Crippen molar-refractivity contribution in [3.8, 4) is 11.6 Å². The minimum atomic E-state index is -4.48. The number of halogens is 4. The first kappa shape index (κ1) is 28.7. The van der Waals surface area contributed by atoms with Crippen molar-refractivity contribution >= 4 is 11.6 Å². The van der Waals surface area contributed by atoms with Crippen molar-refractivity contribution in [2.75, 3.05) is 13.2 Å². The Morgan fingerprint density at radius 3 is 2.51 bits per heavy atom. The summed E-state index contributed by atoms with van der Waals surface area (Å²) in [6.45, 7) is 11.0. The fourth-order valence-corrected chi connectivity index (χ4v) is 3.71. The molecule has 0 aliphatic carbocycles. The molecule has 0 unspecified atom stereocenters. The van der Waals surface area contributed by atoms with E-state index >= 15 is 0 Å². The summed E-state index contributed by atoms with van der Waals surface area (Å²) in [6.07, 6.45) is 5.80. The first-order chi connectivity index (χ1) is 16.5. The first-order valence-corrected chi connectivity index (χ1v) is 11.8. The van der Waals surface area contributed by atoms with Gasteiger partial charge in [-0.05, 0) is 56.5 Å². The predicted molar refractivity (Wildman–Crippen MR) is 130 cm³/mol. The summed E-state index contributed by atoms with van der Waals surface area (Å²) in [5, 5.41) is 0.365. The molecule has 1 aliphatic heterocycles. The zero-order valence-electron chi connectivity index (χ0n) is 20.5. The van der Waals surface area contributed by atoms with E-state index in [9.17, 15) is 13.2 Å². The van der Waals surface area contributed by atoms with Crippen LogP contribution < -0.4 is 15.0 Å². The molecule has 6 nitrogen and oxygen atoms in total. The third kappa shape index (κ3) is 9.23. The highest BCUT2D eigenvalue weighted by Crippen LogP contribution is 2.31. The highest BCUT2D eigenvalue weighted by atomic mass is 35.5. The van der Waals surface area contributed by atoms with Crippen LogP contribution in [0.3, 0.4) is 0 Å². The molecule has 0 saturated heterocycles. The van der Waals surface area contributed by atoms with Crippen molar-refractivity contribution in [3.05, 3.63) is 65.4 Å². The molecule has 35 heavy (non-hydrogen) atoms. The Kier molecular flexibility index (Phi) is 10.7. The standard InChI is InChI=1S/C25H33ClF3N3O3/c1-6-12-24(5,13-7-2)31-34-16-18(3)22(26)32-15-20(11-10-19(32)4)35-23-21(9-8-14-30-23)33-17-25(27,28)29/h8-11,14-15,31H,4,6-7,12-13,16-17H2,1-3,5H3/b22-18+. The van der Waals surface area contributed by atoms with Gasteiger partial charge in [0.1, 0.15) is 10.9 Å². The molecule has 2 rings (SSSR count). The van der Waals surface area contributed by atoms with Crippen LogP contribution >= 0.6 is 11.6 Å². The van der Waals surface area contributed by atoms with Gasteiger partial charge in [-0.3, -0.25) is 4.84 Å². The lowest BCUT2D eigenvalue weighted by molar-refractivity contribution is -0.153. The summed E-state index contributed by atoms with van der Waals surface area (Å²) >= 11 is 6.61. The molecule has 0 amide bonds. The molecule has 0 aromatic carbocycles. The van der Waals surface area contributed by atoms with E-state index in [0.29, 0.717) is 10.9 Å². The second-order valence-corrected chi connectivity index (χ2v) is 8.92. The number of ether oxygens (including phenoxy) is 2. The van der Waals surface area contributed by atoms with Gasteiger partial charge in [0.15, 0.2) is 12.4 Å². The fourth-order valence-electron chi connectivity index (χ4n) is 3.50. The number of hydrogen-bond donors (Lipinski definition) is 1. The summed E-state index contributed by atoms with van der Waals surface area (Å²) < 4.78 is 48.2. The highest BCUT2D eigenvalue weighted by molar-refractivity contribution is 6.29. The van der Waals surface area contributed by atoms with Crippen molar-refractivity contribution in [2.24, 2.45) is 0 Å². The molecule has 0 radical (unpaired) electrons. The van der Waals surface area contributed by atoms with E-state index in [-0.39, 0.29) is 29.5 Å². The van der Waals surface area contributed by atoms with Crippen LogP contribution in [0.15, 0.2) is 65.4 Å². The number of allylic oxidation sites excluding steroid dienone is 2. The normalized spacial score (nSPS) is 15.1. The lowest BCUT2D eigenvalue weighted by Gasteiger charge is -2.30. The zero-order chi connectivity index (χ0) is 26.1. The average Bonchev–Trinajstić information content (AvgIpc) is 2.79. The summed E-state index contributed by atoms with van der Waals surface area (Å²) in [6, 6.07) is 2.81. The summed E-state index contributed by atoms with van der Waals surface area (Å²) in [5.74, 6) is 0.0570. The molecule has 0 spiro atoms. The molecular formula is C25H33ClF3N3O3. The van der Waals surface area contributed by atoms with E-state index in [1.165, 1.54) is 18.3 Å². The van der Waals surface area contributed by atoms with E-state index in [1.807, 2.05) is 6.92 Å². The third-order valence-corrected chi connectivity index (χ3v) is 5.63. The van der Waals surface area contributed by atoms with Gasteiger partial charge in [-0.25, -0.2) is 4.98 Å². The molecule has 0 fully saturated rings. The molecular weight excluding hydrogens is 483 g/mol. The maximum Gasteiger partial charge on any atom is 0.422 e. The quantitative estimate of drug-likeness (QED) is 0.226. The Morgan fingerprint density at radius 1 is 1.20 bits per heavy atom. The lowest BCUT2D eigenvalue weighted by atomic mass is 9.92. The smallest absolute Gasteiger partial charge is 0.422 e. The number of nitrogens with zero attached hydrogens (tertiary/aromatic N) is 2. The van der Waals surface area contributed by atoms with Gasteiger partial charge in [0, 0.05) is 17.4 Å². The number of rotatable bonds is 13. The number of alkyl halides is 3. The summed E-state index contributed by atoms with van der Waals surface area (Å²) in [5.41, 5.74) is 4.38. The Labute approximate surface area is 210 Å². The van der Waals surface area contributed by atoms with Gasteiger partial charge in [0.25, 0.3) is 5.88 Å². The molecule has 1 aliphatic rings. The van der Waals surface area contributed by atoms with Gasteiger partial charge in [0.2, 0.25) is 0 Å². The van der Waals surface area contributed by atoms with E-state index in [4.69, 9.17) is 25.9 Å². The predicted octanol–water partition coefficient (Wildman–Crippen LogP) is 6.98. The number of nitrogens with one attached hydrogen (secondary N) is 1. The zero-order valence-corrected chi connectivity index (χ0v) is 21.3. The maximum atomic E-state index is 12.6. The number of aromatic nitrogens is 1. The number of hydroxylamine groups is 1. The molecule has 1 aromatic rings. The van der Waals surface area contributed by atoms with E-state index < -0.39 is 12.8 Å². The van der Waals surface area contributed by atoms with Crippen LogP contribution in [-0.4, -0.2) is 34.8 Å². The van der Waals surface area contributed by atoms with Gasteiger partial charge in [-0.1, -0.05) is 44.9 Å². The van der Waals surface area contributed by atoms with Crippen LogP contribution in [0.1, 0.15) is 53.4 Å². The Morgan fingerprint density at radius 2 is 1.89 bits per heavy atom. The van der Waals surface area contributed by atoms with Crippen LogP contribution in [-0.2, 0) is 4.84 Å². The van der Waals surface area contributed by atoms with Crippen molar-refractivity contribution in [1.29, 1.82) is 0 Å². The molecule has 2 heterocycles.